The third kappa shape index (κ3) is 1.48. The van der Waals surface area contributed by atoms with Gasteiger partial charge in [0.05, 0.1) is 12.0 Å². The minimum Gasteiger partial charge on any atom is -0.302 e. The van der Waals surface area contributed by atoms with Crippen molar-refractivity contribution in [3.05, 3.63) is 0 Å². The van der Waals surface area contributed by atoms with Gasteiger partial charge in [0.15, 0.2) is 0 Å². The number of carbonyl (C=O) groups is 1. The van der Waals surface area contributed by atoms with Gasteiger partial charge in [-0.25, -0.2) is 0 Å². The van der Waals surface area contributed by atoms with E-state index in [9.17, 15) is 4.79 Å². The zero-order valence-electron chi connectivity index (χ0n) is 3.51. The van der Waals surface area contributed by atoms with Crippen LogP contribution in [0, 0.1) is 17.2 Å². The van der Waals surface area contributed by atoms with Crippen LogP contribution in [0.4, 0.5) is 0 Å². The van der Waals surface area contributed by atoms with Crippen molar-refractivity contribution in [2.45, 2.75) is 6.92 Å². The van der Waals surface area contributed by atoms with Crippen LogP contribution < -0.4 is 0 Å². The van der Waals surface area contributed by atoms with Gasteiger partial charge >= 0.3 is 0 Å². The van der Waals surface area contributed by atoms with E-state index in [-0.39, 0.29) is 0 Å². The Labute approximate surface area is 36.4 Å². The second-order valence-corrected chi connectivity index (χ2v) is 1.05. The Morgan fingerprint density at radius 2 is 2.50 bits per heavy atom. The van der Waals surface area contributed by atoms with Gasteiger partial charge in [-0.1, -0.05) is 0 Å². The maximum atomic E-state index is 9.51. The summed E-state index contributed by atoms with van der Waals surface area (Å²) in [7, 11) is 0. The quantitative estimate of drug-likeness (QED) is 0.429. The monoisotopic (exact) mass is 83.0 g/mol. The van der Waals surface area contributed by atoms with Crippen LogP contribution in [-0.2, 0) is 4.79 Å². The number of hydrogen-bond donors (Lipinski definition) is 0. The van der Waals surface area contributed by atoms with E-state index in [4.69, 9.17) is 5.26 Å². The molecule has 0 aromatic rings. The molecular weight excluding hydrogens is 78.0 g/mol. The zero-order valence-corrected chi connectivity index (χ0v) is 3.51. The first kappa shape index (κ1) is 5.16. The van der Waals surface area contributed by atoms with Gasteiger partial charge in [-0.05, 0) is 6.92 Å². The van der Waals surface area contributed by atoms with Crippen molar-refractivity contribution in [3.63, 3.8) is 0 Å². The number of aldehydes is 1. The highest BCUT2D eigenvalue weighted by atomic mass is 16.1. The molecule has 0 heterocycles. The van der Waals surface area contributed by atoms with Crippen LogP contribution in [0.15, 0.2) is 0 Å². The Bertz CT molecular complexity index is 82.0. The van der Waals surface area contributed by atoms with Crippen LogP contribution in [0.1, 0.15) is 6.92 Å². The molecule has 0 unspecified atom stereocenters. The predicted molar refractivity (Wildman–Crippen MR) is 20.8 cm³/mol. The van der Waals surface area contributed by atoms with Crippen LogP contribution in [0.2, 0.25) is 0 Å². The van der Waals surface area contributed by atoms with Gasteiger partial charge in [0, 0.05) is 0 Å². The van der Waals surface area contributed by atoms with E-state index in [0.29, 0.717) is 6.29 Å². The van der Waals surface area contributed by atoms with Gasteiger partial charge in [-0.15, -0.1) is 0 Å². The molecule has 2 nitrogen and oxygen atoms in total. The fourth-order valence-electron chi connectivity index (χ4n) is 0.0304. The predicted octanol–water partition coefficient (Wildman–Crippen LogP) is 0.345. The highest BCUT2D eigenvalue weighted by molar-refractivity contribution is 5.56. The third-order valence-corrected chi connectivity index (χ3v) is 0.408. The molecule has 0 fully saturated rings. The zero-order chi connectivity index (χ0) is 4.99. The van der Waals surface area contributed by atoms with E-state index < -0.39 is 5.92 Å². The Morgan fingerprint density at radius 3 is 2.50 bits per heavy atom. The first-order valence-electron chi connectivity index (χ1n) is 1.66. The smallest absolute Gasteiger partial charge is 0.136 e. The molecule has 0 aromatic carbocycles. The average molecular weight is 83.1 g/mol. The summed E-state index contributed by atoms with van der Waals surface area (Å²) < 4.78 is 0. The van der Waals surface area contributed by atoms with Gasteiger partial charge in [-0.3, -0.25) is 0 Å². The SMILES string of the molecule is C[C@H](C#N)C=O. The van der Waals surface area contributed by atoms with Crippen LogP contribution in [0.25, 0.3) is 0 Å². The molecule has 0 bridgehead atoms. The lowest BCUT2D eigenvalue weighted by Gasteiger charge is -1.75. The summed E-state index contributed by atoms with van der Waals surface area (Å²) in [6.45, 7) is 1.55. The van der Waals surface area contributed by atoms with Crippen molar-refractivity contribution in [2.75, 3.05) is 0 Å². The summed E-state index contributed by atoms with van der Waals surface area (Å²) in [4.78, 5) is 9.51. The summed E-state index contributed by atoms with van der Waals surface area (Å²) in [6.07, 6.45) is 0.611. The molecular formula is C4H5NO. The van der Waals surface area contributed by atoms with Gasteiger partial charge in [0.2, 0.25) is 0 Å². The van der Waals surface area contributed by atoms with Crippen molar-refractivity contribution in [3.8, 4) is 6.07 Å². The maximum Gasteiger partial charge on any atom is 0.136 e. The minimum atomic E-state index is -0.440. The highest BCUT2D eigenvalue weighted by Gasteiger charge is 1.88. The normalized spacial score (nSPS) is 12.0. The number of nitriles is 1. The molecule has 0 N–H and O–H groups in total. The molecule has 0 aromatic heterocycles. The summed E-state index contributed by atoms with van der Waals surface area (Å²) in [5.41, 5.74) is 0. The molecule has 2 heteroatoms. The third-order valence-electron chi connectivity index (χ3n) is 0.408. The molecule has 1 atom stereocenters. The standard InChI is InChI=1S/C4H5NO/c1-4(2-5)3-6/h3-4H,1H3/t4-/m1/s1. The summed E-state index contributed by atoms with van der Waals surface area (Å²) in [5, 5.41) is 7.85. The molecule has 32 valence electrons. The van der Waals surface area contributed by atoms with E-state index >= 15 is 0 Å². The van der Waals surface area contributed by atoms with Crippen LogP contribution in [-0.4, -0.2) is 6.29 Å². The van der Waals surface area contributed by atoms with Crippen molar-refractivity contribution in [2.24, 2.45) is 5.92 Å². The van der Waals surface area contributed by atoms with Crippen molar-refractivity contribution in [1.82, 2.24) is 0 Å². The van der Waals surface area contributed by atoms with Gasteiger partial charge in [0.1, 0.15) is 6.29 Å². The fourth-order valence-corrected chi connectivity index (χ4v) is 0.0304. The van der Waals surface area contributed by atoms with Crippen molar-refractivity contribution < 1.29 is 4.79 Å². The van der Waals surface area contributed by atoms with E-state index in [2.05, 4.69) is 0 Å². The van der Waals surface area contributed by atoms with Crippen LogP contribution >= 0.6 is 0 Å². The largest absolute Gasteiger partial charge is 0.302 e. The minimum absolute atomic E-state index is 0.440. The van der Waals surface area contributed by atoms with Crippen LogP contribution in [0.5, 0.6) is 0 Å². The lowest BCUT2D eigenvalue weighted by atomic mass is 10.2. The van der Waals surface area contributed by atoms with Crippen molar-refractivity contribution in [1.29, 1.82) is 5.26 Å². The Hall–Kier alpha value is -0.840. The summed E-state index contributed by atoms with van der Waals surface area (Å²) in [5.74, 6) is -0.440. The number of hydrogen-bond acceptors (Lipinski definition) is 2. The van der Waals surface area contributed by atoms with E-state index in [1.165, 1.54) is 0 Å². The lowest BCUT2D eigenvalue weighted by molar-refractivity contribution is -0.109. The molecule has 0 radical (unpaired) electrons. The molecule has 0 amide bonds. The highest BCUT2D eigenvalue weighted by Crippen LogP contribution is 1.79. The molecule has 0 spiro atoms. The topological polar surface area (TPSA) is 40.9 Å². The van der Waals surface area contributed by atoms with Gasteiger partial charge in [0.25, 0.3) is 0 Å². The molecule has 0 aliphatic carbocycles. The first-order valence-corrected chi connectivity index (χ1v) is 1.66. The second-order valence-electron chi connectivity index (χ2n) is 1.05. The maximum absolute atomic E-state index is 9.51. The number of carbonyl (C=O) groups excluding carboxylic acids is 1. The molecule has 0 saturated heterocycles. The van der Waals surface area contributed by atoms with Crippen LogP contribution in [0.3, 0.4) is 0 Å². The molecule has 0 aliphatic rings. The number of nitrogens with zero attached hydrogens (tertiary/aromatic N) is 1. The van der Waals surface area contributed by atoms with E-state index in [1.807, 2.05) is 0 Å². The van der Waals surface area contributed by atoms with Gasteiger partial charge < -0.3 is 4.79 Å². The summed E-state index contributed by atoms with van der Waals surface area (Å²) in [6, 6.07) is 1.75. The number of rotatable bonds is 1. The van der Waals surface area contributed by atoms with Gasteiger partial charge in [-0.2, -0.15) is 5.26 Å². The Morgan fingerprint density at radius 1 is 2.00 bits per heavy atom. The lowest BCUT2D eigenvalue weighted by Crippen LogP contribution is -1.86. The average Bonchev–Trinajstić information content (AvgIpc) is 1.65. The Balaban J connectivity index is 3.30. The van der Waals surface area contributed by atoms with E-state index in [1.54, 1.807) is 13.0 Å². The molecule has 0 saturated carbocycles. The fraction of sp³-hybridized carbons (Fsp3) is 0.500. The molecule has 0 rings (SSSR count). The molecule has 6 heavy (non-hydrogen) atoms. The molecule has 0 aliphatic heterocycles. The summed E-state index contributed by atoms with van der Waals surface area (Å²) >= 11 is 0. The van der Waals surface area contributed by atoms with Crippen molar-refractivity contribution >= 4 is 6.29 Å². The Kier molecular flexibility index (Phi) is 2.06. The van der Waals surface area contributed by atoms with E-state index in [0.717, 1.165) is 0 Å². The second kappa shape index (κ2) is 2.40. The first-order chi connectivity index (χ1) is 2.81.